The van der Waals surface area contributed by atoms with Gasteiger partial charge >= 0.3 is 5.97 Å². The molecule has 26 heavy (non-hydrogen) atoms. The quantitative estimate of drug-likeness (QED) is 0.350. The van der Waals surface area contributed by atoms with E-state index in [1.165, 1.54) is 25.2 Å². The number of nitrogens with zero attached hydrogens (tertiary/aromatic N) is 2. The number of hydrogen-bond donors (Lipinski definition) is 1. The highest BCUT2D eigenvalue weighted by molar-refractivity contribution is 9.10. The highest BCUT2D eigenvalue weighted by atomic mass is 79.9. The number of rotatable bonds is 6. The number of nitrogens with one attached hydrogen (secondary N) is 1. The third kappa shape index (κ3) is 4.60. The normalized spacial score (nSPS) is 10.7. The Bertz CT molecular complexity index is 944. The number of carbonyl (C=O) groups is 2. The smallest absolute Gasteiger partial charge is 0.325 e. The van der Waals surface area contributed by atoms with Crippen LogP contribution in [0, 0.1) is 0 Å². The molecule has 0 unspecified atom stereocenters. The van der Waals surface area contributed by atoms with Crippen molar-refractivity contribution >= 4 is 61.1 Å². The van der Waals surface area contributed by atoms with Crippen molar-refractivity contribution in [1.82, 2.24) is 15.3 Å². The lowest BCUT2D eigenvalue weighted by Gasteiger charge is -2.04. The first kappa shape index (κ1) is 18.8. The summed E-state index contributed by atoms with van der Waals surface area (Å²) in [5.41, 5.74) is 1.95. The van der Waals surface area contributed by atoms with Crippen LogP contribution in [0.4, 0.5) is 0 Å². The number of fused-ring (bicyclic) bond motifs is 1. The molecule has 9 heteroatoms. The molecule has 0 bridgehead atoms. The molecule has 0 atom stereocenters. The predicted molar refractivity (Wildman–Crippen MR) is 106 cm³/mol. The summed E-state index contributed by atoms with van der Waals surface area (Å²) in [6.07, 6.45) is 1.50. The van der Waals surface area contributed by atoms with Crippen molar-refractivity contribution in [2.24, 2.45) is 0 Å². The third-order valence-electron chi connectivity index (χ3n) is 3.40. The van der Waals surface area contributed by atoms with Crippen LogP contribution >= 0.6 is 39.0 Å². The molecule has 0 spiro atoms. The summed E-state index contributed by atoms with van der Waals surface area (Å²) in [6, 6.07) is 10.1. The summed E-state index contributed by atoms with van der Waals surface area (Å²) in [7, 11) is 1.28. The van der Waals surface area contributed by atoms with E-state index in [1.807, 2.05) is 30.3 Å². The Morgan fingerprint density at radius 1 is 1.27 bits per heavy atom. The van der Waals surface area contributed by atoms with Crippen molar-refractivity contribution in [3.05, 3.63) is 41.1 Å². The average Bonchev–Trinajstić information content (AvgIpc) is 3.09. The van der Waals surface area contributed by atoms with Crippen molar-refractivity contribution in [3.63, 3.8) is 0 Å². The molecule has 3 aromatic rings. The lowest BCUT2D eigenvalue weighted by Crippen LogP contribution is -2.31. The van der Waals surface area contributed by atoms with E-state index in [2.05, 4.69) is 36.0 Å². The number of thioether (sulfide) groups is 1. The van der Waals surface area contributed by atoms with Crippen molar-refractivity contribution < 1.29 is 14.3 Å². The molecule has 0 saturated heterocycles. The molecule has 2 aromatic heterocycles. The number of aromatic nitrogens is 2. The van der Waals surface area contributed by atoms with Gasteiger partial charge in [-0.05, 0) is 23.8 Å². The van der Waals surface area contributed by atoms with E-state index in [-0.39, 0.29) is 18.2 Å². The Kier molecular flexibility index (Phi) is 6.23. The zero-order valence-electron chi connectivity index (χ0n) is 13.7. The van der Waals surface area contributed by atoms with E-state index in [4.69, 9.17) is 0 Å². The Morgan fingerprint density at radius 3 is 2.77 bits per heavy atom. The second kappa shape index (κ2) is 8.61. The average molecular weight is 452 g/mol. The standard InChI is InChI=1S/C17H14BrN3O3S2/c1-24-15(23)7-19-14(22)8-25-17-16-12(20-9-21-17)6-13(26-16)10-2-4-11(18)5-3-10/h2-6,9H,7-8H2,1H3,(H,19,22). The molecule has 1 N–H and O–H groups in total. The molecule has 0 saturated carbocycles. The van der Waals surface area contributed by atoms with Gasteiger partial charge < -0.3 is 10.1 Å². The predicted octanol–water partition coefficient (Wildman–Crippen LogP) is 3.50. The van der Waals surface area contributed by atoms with Crippen LogP contribution in [0.15, 0.2) is 46.2 Å². The summed E-state index contributed by atoms with van der Waals surface area (Å²) in [5.74, 6) is -0.573. The molecule has 1 amide bonds. The molecule has 0 radical (unpaired) electrons. The molecular weight excluding hydrogens is 438 g/mol. The van der Waals surface area contributed by atoms with Gasteiger partial charge in [-0.25, -0.2) is 9.97 Å². The fourth-order valence-corrected chi connectivity index (χ4v) is 4.41. The number of amides is 1. The molecule has 0 aliphatic carbocycles. The minimum atomic E-state index is -0.481. The molecule has 0 aliphatic rings. The summed E-state index contributed by atoms with van der Waals surface area (Å²) >= 11 is 6.34. The largest absolute Gasteiger partial charge is 0.468 e. The lowest BCUT2D eigenvalue weighted by atomic mass is 10.2. The van der Waals surface area contributed by atoms with Crippen LogP contribution < -0.4 is 5.32 Å². The molecule has 3 rings (SSSR count). The molecule has 0 aliphatic heterocycles. The van der Waals surface area contributed by atoms with E-state index in [0.29, 0.717) is 0 Å². The van der Waals surface area contributed by atoms with Gasteiger partial charge in [-0.15, -0.1) is 11.3 Å². The number of halogens is 1. The van der Waals surface area contributed by atoms with Crippen LogP contribution in [0.25, 0.3) is 20.7 Å². The van der Waals surface area contributed by atoms with Gasteiger partial charge in [0.05, 0.1) is 23.1 Å². The second-order valence-corrected chi connectivity index (χ2v) is 8.08. The summed E-state index contributed by atoms with van der Waals surface area (Å²) in [4.78, 5) is 32.6. The Balaban J connectivity index is 1.74. The third-order valence-corrected chi connectivity index (χ3v) is 6.23. The zero-order chi connectivity index (χ0) is 18.5. The number of ether oxygens (including phenoxy) is 1. The summed E-state index contributed by atoms with van der Waals surface area (Å²) in [5, 5.41) is 3.26. The van der Waals surface area contributed by atoms with E-state index in [9.17, 15) is 9.59 Å². The van der Waals surface area contributed by atoms with Gasteiger partial charge in [-0.2, -0.15) is 0 Å². The maximum absolute atomic E-state index is 11.8. The zero-order valence-corrected chi connectivity index (χ0v) is 16.9. The number of esters is 1. The van der Waals surface area contributed by atoms with Crippen LogP contribution in [0.2, 0.25) is 0 Å². The molecule has 2 heterocycles. The van der Waals surface area contributed by atoms with Crippen LogP contribution in [0.1, 0.15) is 0 Å². The van der Waals surface area contributed by atoms with Crippen molar-refractivity contribution in [2.75, 3.05) is 19.4 Å². The van der Waals surface area contributed by atoms with E-state index in [1.54, 1.807) is 11.3 Å². The van der Waals surface area contributed by atoms with Gasteiger partial charge in [0, 0.05) is 9.35 Å². The Hall–Kier alpha value is -1.97. The number of methoxy groups -OCH3 is 1. The van der Waals surface area contributed by atoms with Gasteiger partial charge in [0.2, 0.25) is 5.91 Å². The van der Waals surface area contributed by atoms with Crippen molar-refractivity contribution in [3.8, 4) is 10.4 Å². The van der Waals surface area contributed by atoms with Crippen LogP contribution in [0.3, 0.4) is 0 Å². The van der Waals surface area contributed by atoms with Crippen LogP contribution in [-0.4, -0.2) is 41.3 Å². The molecular formula is C17H14BrN3O3S2. The monoisotopic (exact) mass is 451 g/mol. The SMILES string of the molecule is COC(=O)CNC(=O)CSc1ncnc2cc(-c3ccc(Br)cc3)sc12. The van der Waals surface area contributed by atoms with Gasteiger partial charge in [-0.1, -0.05) is 39.8 Å². The maximum atomic E-state index is 11.8. The van der Waals surface area contributed by atoms with Crippen LogP contribution in [0.5, 0.6) is 0 Å². The molecule has 134 valence electrons. The van der Waals surface area contributed by atoms with Gasteiger partial charge in [0.15, 0.2) is 0 Å². The minimum Gasteiger partial charge on any atom is -0.468 e. The first-order chi connectivity index (χ1) is 12.6. The fourth-order valence-electron chi connectivity index (χ4n) is 2.12. The molecule has 6 nitrogen and oxygen atoms in total. The van der Waals surface area contributed by atoms with E-state index < -0.39 is 5.97 Å². The Labute approximate surface area is 166 Å². The van der Waals surface area contributed by atoms with Gasteiger partial charge in [0.25, 0.3) is 0 Å². The first-order valence-corrected chi connectivity index (χ1v) is 10.1. The number of hydrogen-bond acceptors (Lipinski definition) is 7. The number of carbonyl (C=O) groups excluding carboxylic acids is 2. The topological polar surface area (TPSA) is 81.2 Å². The first-order valence-electron chi connectivity index (χ1n) is 7.53. The van der Waals surface area contributed by atoms with Crippen molar-refractivity contribution in [2.45, 2.75) is 5.03 Å². The molecule has 1 aromatic carbocycles. The highest BCUT2D eigenvalue weighted by Crippen LogP contribution is 2.37. The lowest BCUT2D eigenvalue weighted by molar-refractivity contribution is -0.140. The van der Waals surface area contributed by atoms with E-state index >= 15 is 0 Å². The van der Waals surface area contributed by atoms with E-state index in [0.717, 1.165) is 30.2 Å². The van der Waals surface area contributed by atoms with Crippen molar-refractivity contribution in [1.29, 1.82) is 0 Å². The second-order valence-electron chi connectivity index (χ2n) is 5.15. The minimum absolute atomic E-state index is 0.137. The molecule has 0 fully saturated rings. The summed E-state index contributed by atoms with van der Waals surface area (Å²) < 4.78 is 6.46. The Morgan fingerprint density at radius 2 is 2.04 bits per heavy atom. The summed E-state index contributed by atoms with van der Waals surface area (Å²) in [6.45, 7) is -0.137. The highest BCUT2D eigenvalue weighted by Gasteiger charge is 2.13. The fraction of sp³-hybridized carbons (Fsp3) is 0.176. The number of thiophene rings is 1. The van der Waals surface area contributed by atoms with Gasteiger partial charge in [0.1, 0.15) is 17.9 Å². The van der Waals surface area contributed by atoms with Crippen LogP contribution in [-0.2, 0) is 14.3 Å². The number of benzene rings is 1. The van der Waals surface area contributed by atoms with Gasteiger partial charge in [-0.3, -0.25) is 9.59 Å². The maximum Gasteiger partial charge on any atom is 0.325 e.